The van der Waals surface area contributed by atoms with Crippen LogP contribution in [0.4, 0.5) is 0 Å². The first kappa shape index (κ1) is 18.5. The Balaban J connectivity index is 1.39. The van der Waals surface area contributed by atoms with Crippen LogP contribution in [0.25, 0.3) is 0 Å². The number of aliphatic carboxylic acids is 1. The summed E-state index contributed by atoms with van der Waals surface area (Å²) in [5.74, 6) is -1.69. The maximum Gasteiger partial charge on any atom is 0.307 e. The van der Waals surface area contributed by atoms with Gasteiger partial charge in [-0.25, -0.2) is 0 Å². The first-order valence-electron chi connectivity index (χ1n) is 9.70. The van der Waals surface area contributed by atoms with Crippen LogP contribution in [0.15, 0.2) is 36.4 Å². The van der Waals surface area contributed by atoms with Gasteiger partial charge in [-0.2, -0.15) is 0 Å². The summed E-state index contributed by atoms with van der Waals surface area (Å²) in [6, 6.07) is 7.84. The number of nitrogens with zero attached hydrogens (tertiary/aromatic N) is 2. The average molecular weight is 389 g/mol. The molecule has 1 saturated heterocycles. The number of carboxylic acids is 1. The van der Waals surface area contributed by atoms with E-state index in [0.29, 0.717) is 13.1 Å². The van der Waals surface area contributed by atoms with Gasteiger partial charge in [-0.1, -0.05) is 42.0 Å². The van der Waals surface area contributed by atoms with Gasteiger partial charge in [0.2, 0.25) is 5.91 Å². The molecular weight excluding hydrogens is 364 g/mol. The molecule has 1 heterocycles. The summed E-state index contributed by atoms with van der Waals surface area (Å²) in [5.41, 5.74) is 1.10. The largest absolute Gasteiger partial charge is 0.481 e. The highest BCUT2D eigenvalue weighted by atomic mass is 35.5. The maximum absolute atomic E-state index is 13.2. The molecule has 1 amide bonds. The predicted molar refractivity (Wildman–Crippen MR) is 103 cm³/mol. The molecule has 5 rings (SSSR count). The van der Waals surface area contributed by atoms with Crippen LogP contribution in [-0.2, 0) is 16.1 Å². The second kappa shape index (κ2) is 7.64. The Hall–Kier alpha value is -1.85. The Morgan fingerprint density at radius 2 is 1.63 bits per heavy atom. The van der Waals surface area contributed by atoms with Gasteiger partial charge in [0.15, 0.2) is 0 Å². The van der Waals surface area contributed by atoms with E-state index in [0.717, 1.165) is 43.1 Å². The van der Waals surface area contributed by atoms with Crippen molar-refractivity contribution in [1.82, 2.24) is 9.80 Å². The number of carbonyl (C=O) groups excluding carboxylic acids is 1. The van der Waals surface area contributed by atoms with Crippen LogP contribution in [0.3, 0.4) is 0 Å². The van der Waals surface area contributed by atoms with Gasteiger partial charge in [0.25, 0.3) is 0 Å². The quantitative estimate of drug-likeness (QED) is 0.806. The number of carbonyl (C=O) groups is 2. The van der Waals surface area contributed by atoms with E-state index in [2.05, 4.69) is 11.0 Å². The molecule has 0 aromatic heterocycles. The molecule has 1 saturated carbocycles. The van der Waals surface area contributed by atoms with Crippen molar-refractivity contribution < 1.29 is 14.7 Å². The number of piperazine rings is 1. The number of fused-ring (bicyclic) bond motifs is 2. The zero-order valence-corrected chi connectivity index (χ0v) is 16.0. The monoisotopic (exact) mass is 388 g/mol. The molecule has 1 N–H and O–H groups in total. The molecule has 0 radical (unpaired) electrons. The Labute approximate surface area is 164 Å². The van der Waals surface area contributed by atoms with Crippen LogP contribution >= 0.6 is 11.6 Å². The van der Waals surface area contributed by atoms with Gasteiger partial charge < -0.3 is 10.0 Å². The SMILES string of the molecule is O=C(O)[C@@H]1[C@H](C(=O)N2CCN(Cc3ccccc3Cl)CC2)[C@@H]2C=C[C@H]1CC2. The molecule has 5 nitrogen and oxygen atoms in total. The zero-order valence-electron chi connectivity index (χ0n) is 15.3. The summed E-state index contributed by atoms with van der Waals surface area (Å²) in [4.78, 5) is 29.1. The summed E-state index contributed by atoms with van der Waals surface area (Å²) in [7, 11) is 0. The third kappa shape index (κ3) is 3.63. The zero-order chi connectivity index (χ0) is 19.0. The number of allylic oxidation sites excluding steroid dienone is 2. The van der Waals surface area contributed by atoms with Crippen molar-refractivity contribution in [2.24, 2.45) is 23.7 Å². The Bertz CT molecular complexity index is 758. The number of rotatable bonds is 4. The summed E-state index contributed by atoms with van der Waals surface area (Å²) >= 11 is 6.25. The van der Waals surface area contributed by atoms with Crippen molar-refractivity contribution in [3.05, 3.63) is 47.0 Å². The molecule has 2 bridgehead atoms. The molecule has 6 heteroatoms. The van der Waals surface area contributed by atoms with Crippen molar-refractivity contribution in [3.63, 3.8) is 0 Å². The molecule has 0 unspecified atom stereocenters. The fourth-order valence-electron chi connectivity index (χ4n) is 4.87. The molecule has 144 valence electrons. The smallest absolute Gasteiger partial charge is 0.307 e. The molecule has 1 aromatic carbocycles. The number of carboxylic acid groups (broad SMARTS) is 1. The number of amides is 1. The highest BCUT2D eigenvalue weighted by Crippen LogP contribution is 2.45. The maximum atomic E-state index is 13.2. The standard InChI is InChI=1S/C21H25ClN2O3/c22-17-4-2-1-3-16(17)13-23-9-11-24(12-10-23)20(25)18-14-5-7-15(8-6-14)19(18)21(26)27/h1-5,7,14-15,18-19H,6,8-13H2,(H,26,27)/t14-,15+,18-,19+/m1/s1. The number of halogens is 1. The van der Waals surface area contributed by atoms with Crippen LogP contribution in [0, 0.1) is 23.7 Å². The highest BCUT2D eigenvalue weighted by Gasteiger charge is 2.49. The minimum absolute atomic E-state index is 0.00274. The molecular formula is C21H25ClN2O3. The van der Waals surface area contributed by atoms with Crippen molar-refractivity contribution in [3.8, 4) is 0 Å². The lowest BCUT2D eigenvalue weighted by Crippen LogP contribution is -2.55. The van der Waals surface area contributed by atoms with E-state index in [4.69, 9.17) is 11.6 Å². The molecule has 3 aliphatic carbocycles. The number of hydrogen-bond donors (Lipinski definition) is 1. The second-order valence-corrected chi connectivity index (χ2v) is 8.28. The topological polar surface area (TPSA) is 60.9 Å². The van der Waals surface area contributed by atoms with E-state index in [1.165, 1.54) is 0 Å². The van der Waals surface area contributed by atoms with Gasteiger partial charge in [-0.15, -0.1) is 0 Å². The fraction of sp³-hybridized carbons (Fsp3) is 0.524. The van der Waals surface area contributed by atoms with Crippen LogP contribution in [0.1, 0.15) is 18.4 Å². The molecule has 27 heavy (non-hydrogen) atoms. The van der Waals surface area contributed by atoms with Crippen molar-refractivity contribution in [1.29, 1.82) is 0 Å². The third-order valence-electron chi connectivity index (χ3n) is 6.35. The molecule has 1 aromatic rings. The molecule has 0 spiro atoms. The Kier molecular flexibility index (Phi) is 5.24. The van der Waals surface area contributed by atoms with E-state index >= 15 is 0 Å². The van der Waals surface area contributed by atoms with Gasteiger partial charge >= 0.3 is 5.97 Å². The van der Waals surface area contributed by atoms with E-state index < -0.39 is 17.8 Å². The lowest BCUT2D eigenvalue weighted by atomic mass is 9.62. The lowest BCUT2D eigenvalue weighted by molar-refractivity contribution is -0.157. The minimum atomic E-state index is -0.829. The normalized spacial score (nSPS) is 30.5. The van der Waals surface area contributed by atoms with Gasteiger partial charge in [0.05, 0.1) is 11.8 Å². The fourth-order valence-corrected chi connectivity index (χ4v) is 5.07. The third-order valence-corrected chi connectivity index (χ3v) is 6.72. The van der Waals surface area contributed by atoms with Gasteiger partial charge in [0.1, 0.15) is 0 Å². The van der Waals surface area contributed by atoms with Gasteiger partial charge in [0, 0.05) is 37.7 Å². The first-order chi connectivity index (χ1) is 13.0. The van der Waals surface area contributed by atoms with E-state index in [9.17, 15) is 14.7 Å². The lowest BCUT2D eigenvalue weighted by Gasteiger charge is -2.45. The molecule has 1 aliphatic heterocycles. The minimum Gasteiger partial charge on any atom is -0.481 e. The van der Waals surface area contributed by atoms with E-state index in [1.807, 2.05) is 35.2 Å². The summed E-state index contributed by atoms with van der Waals surface area (Å²) in [5, 5.41) is 10.5. The molecule has 4 atom stereocenters. The molecule has 2 fully saturated rings. The summed E-state index contributed by atoms with van der Waals surface area (Å²) in [6.45, 7) is 3.63. The van der Waals surface area contributed by atoms with Crippen molar-refractivity contribution in [2.75, 3.05) is 26.2 Å². The predicted octanol–water partition coefficient (Wildman–Crippen LogP) is 2.90. The Morgan fingerprint density at radius 3 is 2.22 bits per heavy atom. The van der Waals surface area contributed by atoms with E-state index in [1.54, 1.807) is 0 Å². The number of benzene rings is 1. The van der Waals surface area contributed by atoms with Crippen LogP contribution in [-0.4, -0.2) is 53.0 Å². The molecule has 4 aliphatic rings. The van der Waals surface area contributed by atoms with E-state index in [-0.39, 0.29) is 17.7 Å². The van der Waals surface area contributed by atoms with Crippen LogP contribution in [0.5, 0.6) is 0 Å². The first-order valence-corrected chi connectivity index (χ1v) is 10.1. The van der Waals surface area contributed by atoms with Crippen molar-refractivity contribution >= 4 is 23.5 Å². The number of hydrogen-bond acceptors (Lipinski definition) is 3. The summed E-state index contributed by atoms with van der Waals surface area (Å²) in [6.07, 6.45) is 5.89. The van der Waals surface area contributed by atoms with Gasteiger partial charge in [-0.3, -0.25) is 14.5 Å². The Morgan fingerprint density at radius 1 is 1.00 bits per heavy atom. The highest BCUT2D eigenvalue weighted by molar-refractivity contribution is 6.31. The van der Waals surface area contributed by atoms with Crippen LogP contribution < -0.4 is 0 Å². The summed E-state index contributed by atoms with van der Waals surface area (Å²) < 4.78 is 0. The van der Waals surface area contributed by atoms with Crippen LogP contribution in [0.2, 0.25) is 5.02 Å². The average Bonchev–Trinajstić information content (AvgIpc) is 2.70. The van der Waals surface area contributed by atoms with Gasteiger partial charge in [-0.05, 0) is 36.3 Å². The second-order valence-electron chi connectivity index (χ2n) is 7.87. The van der Waals surface area contributed by atoms with Crippen molar-refractivity contribution in [2.45, 2.75) is 19.4 Å².